The first-order chi connectivity index (χ1) is 17.3. The minimum absolute atomic E-state index is 0.123. The summed E-state index contributed by atoms with van der Waals surface area (Å²) < 4.78 is 13.0. The van der Waals surface area contributed by atoms with Crippen LogP contribution in [0.5, 0.6) is 0 Å². The van der Waals surface area contributed by atoms with Gasteiger partial charge in [-0.05, 0) is 41.7 Å². The normalized spacial score (nSPS) is 13.9. The Balaban J connectivity index is 2.23. The van der Waals surface area contributed by atoms with Gasteiger partial charge in [0.25, 0.3) is 8.32 Å². The van der Waals surface area contributed by atoms with Gasteiger partial charge in [0.15, 0.2) is 0 Å². The second-order valence-corrected chi connectivity index (χ2v) is 15.9. The maximum atomic E-state index is 12.9. The van der Waals surface area contributed by atoms with Gasteiger partial charge in [0.2, 0.25) is 0 Å². The number of rotatable bonds is 8. The lowest BCUT2D eigenvalue weighted by Crippen LogP contribution is -2.68. The monoisotopic (exact) mass is 534 g/mol. The quantitative estimate of drug-likeness (QED) is 0.296. The first-order valence-corrected chi connectivity index (χ1v) is 14.8. The summed E-state index contributed by atoms with van der Waals surface area (Å²) in [6, 6.07) is 29.7. The predicted molar refractivity (Wildman–Crippen MR) is 158 cm³/mol. The Bertz CT molecular complexity index is 1140. The lowest BCUT2D eigenvalue weighted by atomic mass is 10.0. The minimum Gasteiger partial charge on any atom is -0.444 e. The molecule has 2 atom stereocenters. The largest absolute Gasteiger partial charge is 0.444 e. The molecule has 0 spiro atoms. The van der Waals surface area contributed by atoms with Gasteiger partial charge in [-0.25, -0.2) is 4.79 Å². The first-order valence-electron chi connectivity index (χ1n) is 12.5. The molecule has 0 radical (unpaired) electrons. The van der Waals surface area contributed by atoms with Crippen LogP contribution in [0.2, 0.25) is 5.04 Å². The second kappa shape index (κ2) is 11.6. The van der Waals surface area contributed by atoms with E-state index in [1.54, 1.807) is 0 Å². The van der Waals surface area contributed by atoms with Crippen molar-refractivity contribution in [2.45, 2.75) is 64.3 Å². The van der Waals surface area contributed by atoms with Crippen molar-refractivity contribution in [3.63, 3.8) is 0 Å². The van der Waals surface area contributed by atoms with Crippen LogP contribution in [-0.2, 0) is 9.16 Å². The lowest BCUT2D eigenvalue weighted by Gasteiger charge is -2.46. The predicted octanol–water partition coefficient (Wildman–Crippen LogP) is 5.48. The number of nitrogens with two attached hydrogens (primary N) is 1. The van der Waals surface area contributed by atoms with Crippen molar-refractivity contribution in [1.29, 1.82) is 0 Å². The molecular weight excluding hydrogens is 496 g/mol. The van der Waals surface area contributed by atoms with Crippen molar-refractivity contribution in [3.8, 4) is 0 Å². The Morgan fingerprint density at radius 1 is 0.811 bits per heavy atom. The smallest absolute Gasteiger partial charge is 0.408 e. The summed E-state index contributed by atoms with van der Waals surface area (Å²) in [6.07, 6.45) is -1.25. The van der Waals surface area contributed by atoms with Crippen molar-refractivity contribution < 1.29 is 14.0 Å². The fourth-order valence-electron chi connectivity index (χ4n) is 4.58. The van der Waals surface area contributed by atoms with Crippen molar-refractivity contribution >= 4 is 42.0 Å². The van der Waals surface area contributed by atoms with Gasteiger partial charge in [0.1, 0.15) is 11.6 Å². The molecule has 7 heteroatoms. The number of ether oxygens (including phenoxy) is 1. The van der Waals surface area contributed by atoms with E-state index in [1.165, 1.54) is 0 Å². The van der Waals surface area contributed by atoms with E-state index in [0.29, 0.717) is 0 Å². The van der Waals surface area contributed by atoms with Crippen LogP contribution in [0, 0.1) is 0 Å². The molecule has 0 fully saturated rings. The number of carbonyl (C=O) groups is 1. The van der Waals surface area contributed by atoms with E-state index in [1.807, 2.05) is 87.5 Å². The number of nitrogens with one attached hydrogen (secondary N) is 1. The molecule has 0 heterocycles. The zero-order chi connectivity index (χ0) is 27.3. The minimum atomic E-state index is -3.01. The fraction of sp³-hybridized carbons (Fsp3) is 0.333. The molecule has 3 aromatic carbocycles. The zero-order valence-electron chi connectivity index (χ0n) is 22.5. The van der Waals surface area contributed by atoms with E-state index in [0.717, 1.165) is 15.9 Å². The Kier molecular flexibility index (Phi) is 8.95. The molecule has 3 rings (SSSR count). The van der Waals surface area contributed by atoms with Gasteiger partial charge in [0, 0.05) is 0 Å². The maximum absolute atomic E-state index is 12.9. The molecular formula is C30H38N2O3SSi. The van der Waals surface area contributed by atoms with Gasteiger partial charge in [-0.15, -0.1) is 0 Å². The Hall–Kier alpha value is -3.00. The van der Waals surface area contributed by atoms with Gasteiger partial charge in [-0.1, -0.05) is 124 Å². The van der Waals surface area contributed by atoms with Gasteiger partial charge in [0.05, 0.1) is 11.1 Å². The number of alkyl carbamates (subject to hydrolysis) is 1. The summed E-state index contributed by atoms with van der Waals surface area (Å²) in [5, 5.41) is 4.87. The van der Waals surface area contributed by atoms with Crippen molar-refractivity contribution in [2.75, 3.05) is 0 Å². The number of benzene rings is 3. The number of thiocarbonyl (C=S) groups is 1. The Morgan fingerprint density at radius 3 is 1.62 bits per heavy atom. The van der Waals surface area contributed by atoms with Crippen LogP contribution in [0.4, 0.5) is 4.79 Å². The molecule has 3 aromatic rings. The van der Waals surface area contributed by atoms with Crippen molar-refractivity contribution in [3.05, 3.63) is 96.6 Å². The van der Waals surface area contributed by atoms with Crippen molar-refractivity contribution in [1.82, 2.24) is 5.32 Å². The average Bonchev–Trinajstić information content (AvgIpc) is 2.83. The lowest BCUT2D eigenvalue weighted by molar-refractivity contribution is 0.0474. The second-order valence-electron chi connectivity index (χ2n) is 11.1. The highest BCUT2D eigenvalue weighted by Gasteiger charge is 2.52. The van der Waals surface area contributed by atoms with Gasteiger partial charge >= 0.3 is 6.09 Å². The van der Waals surface area contributed by atoms with Gasteiger partial charge < -0.3 is 20.2 Å². The van der Waals surface area contributed by atoms with Crippen LogP contribution < -0.4 is 21.4 Å². The van der Waals surface area contributed by atoms with Crippen LogP contribution in [0.25, 0.3) is 0 Å². The summed E-state index contributed by atoms with van der Waals surface area (Å²) in [5.41, 5.74) is 6.48. The molecule has 0 aliphatic rings. The number of hydrogen-bond donors (Lipinski definition) is 2. The highest BCUT2D eigenvalue weighted by Crippen LogP contribution is 2.40. The third kappa shape index (κ3) is 6.86. The molecule has 0 aromatic heterocycles. The van der Waals surface area contributed by atoms with E-state index in [9.17, 15) is 4.79 Å². The van der Waals surface area contributed by atoms with Crippen LogP contribution in [-0.4, -0.2) is 31.0 Å². The maximum Gasteiger partial charge on any atom is 0.408 e. The average molecular weight is 535 g/mol. The zero-order valence-corrected chi connectivity index (χ0v) is 24.3. The number of hydrogen-bond acceptors (Lipinski definition) is 4. The third-order valence-corrected chi connectivity index (χ3v) is 11.4. The molecule has 1 amide bonds. The Morgan fingerprint density at radius 2 is 1.24 bits per heavy atom. The molecule has 0 aliphatic heterocycles. The van der Waals surface area contributed by atoms with E-state index >= 15 is 0 Å². The highest BCUT2D eigenvalue weighted by atomic mass is 32.1. The van der Waals surface area contributed by atoms with Gasteiger partial charge in [-0.2, -0.15) is 0 Å². The van der Waals surface area contributed by atoms with Crippen LogP contribution in [0.15, 0.2) is 91.0 Å². The number of amides is 1. The molecule has 0 unspecified atom stereocenters. The third-order valence-electron chi connectivity index (χ3n) is 6.13. The molecule has 0 saturated heterocycles. The first kappa shape index (κ1) is 28.6. The SMILES string of the molecule is CC(C)(C)OC(=O)N[C@@H](C(N)=S)[C@@H](O[Si](c1ccccc1)(c1ccccc1)C(C)(C)C)c1ccccc1. The molecule has 3 N–H and O–H groups in total. The van der Waals surface area contributed by atoms with Gasteiger partial charge in [-0.3, -0.25) is 0 Å². The summed E-state index contributed by atoms with van der Waals surface area (Å²) in [7, 11) is -3.01. The van der Waals surface area contributed by atoms with Crippen LogP contribution in [0.3, 0.4) is 0 Å². The van der Waals surface area contributed by atoms with E-state index < -0.39 is 32.2 Å². The molecule has 5 nitrogen and oxygen atoms in total. The van der Waals surface area contributed by atoms with E-state index in [4.69, 9.17) is 27.1 Å². The molecule has 196 valence electrons. The van der Waals surface area contributed by atoms with Crippen LogP contribution >= 0.6 is 12.2 Å². The number of carbonyl (C=O) groups excluding carboxylic acids is 1. The molecule has 0 aliphatic carbocycles. The summed E-state index contributed by atoms with van der Waals surface area (Å²) in [5.74, 6) is 0. The van der Waals surface area contributed by atoms with E-state index in [-0.39, 0.29) is 10.0 Å². The van der Waals surface area contributed by atoms with Crippen molar-refractivity contribution in [2.24, 2.45) is 5.73 Å². The summed E-state index contributed by atoms with van der Waals surface area (Å²) in [6.45, 7) is 12.1. The standard InChI is InChI=1S/C30H38N2O3SSi/c1-29(2,3)34-28(33)32-25(27(31)36)26(22-16-10-7-11-17-22)35-37(30(4,5)6,23-18-12-8-13-19-23)24-20-14-9-15-21-24/h7-21,25-26H,1-6H3,(H2,31,36)(H,32,33)/t25-,26+/m1/s1. The van der Waals surface area contributed by atoms with E-state index in [2.05, 4.69) is 50.4 Å². The summed E-state index contributed by atoms with van der Waals surface area (Å²) >= 11 is 5.51. The Labute approximate surface area is 227 Å². The van der Waals surface area contributed by atoms with Crippen LogP contribution in [0.1, 0.15) is 53.2 Å². The molecule has 0 bridgehead atoms. The fourth-order valence-corrected chi connectivity index (χ4v) is 9.43. The molecule has 37 heavy (non-hydrogen) atoms. The summed E-state index contributed by atoms with van der Waals surface area (Å²) in [4.78, 5) is 13.0. The molecule has 0 saturated carbocycles. The topological polar surface area (TPSA) is 73.6 Å². The highest BCUT2D eigenvalue weighted by molar-refractivity contribution is 7.80.